The fraction of sp³-hybridized carbons (Fsp3) is 0.200. The molecule has 1 fully saturated rings. The zero-order valence-electron chi connectivity index (χ0n) is 15.3. The van der Waals surface area contributed by atoms with Crippen LogP contribution in [0.1, 0.15) is 20.7 Å². The monoisotopic (exact) mass is 396 g/mol. The number of rotatable bonds is 3. The van der Waals surface area contributed by atoms with Crippen molar-refractivity contribution in [2.45, 2.75) is 0 Å². The Bertz CT molecular complexity index is 1120. The van der Waals surface area contributed by atoms with Gasteiger partial charge in [-0.05, 0) is 18.2 Å². The maximum atomic E-state index is 13.9. The van der Waals surface area contributed by atoms with Crippen molar-refractivity contribution in [3.05, 3.63) is 75.7 Å². The summed E-state index contributed by atoms with van der Waals surface area (Å²) in [5, 5.41) is 11.5. The Labute approximate surface area is 164 Å². The number of amides is 2. The number of fused-ring (bicyclic) bond motifs is 1. The van der Waals surface area contributed by atoms with E-state index in [0.29, 0.717) is 29.6 Å². The quantitative estimate of drug-likeness (QED) is 0.543. The van der Waals surface area contributed by atoms with Crippen molar-refractivity contribution in [2.75, 3.05) is 26.2 Å². The Kier molecular flexibility index (Phi) is 4.71. The van der Waals surface area contributed by atoms with E-state index in [1.165, 1.54) is 41.4 Å². The molecule has 1 aromatic heterocycles. The number of benzene rings is 2. The molecule has 1 saturated heterocycles. The molecule has 2 amide bonds. The number of nitro groups is 1. The number of carbonyl (C=O) groups is 2. The Balaban J connectivity index is 1.49. The summed E-state index contributed by atoms with van der Waals surface area (Å²) in [5.74, 6) is -1.25. The van der Waals surface area contributed by atoms with Gasteiger partial charge in [0.2, 0.25) is 0 Å². The average Bonchev–Trinajstić information content (AvgIpc) is 3.16. The van der Waals surface area contributed by atoms with Crippen LogP contribution in [0.25, 0.3) is 10.9 Å². The zero-order valence-corrected chi connectivity index (χ0v) is 15.3. The van der Waals surface area contributed by atoms with E-state index in [0.717, 1.165) is 0 Å². The van der Waals surface area contributed by atoms with E-state index in [9.17, 15) is 24.1 Å². The van der Waals surface area contributed by atoms with Crippen LogP contribution < -0.4 is 0 Å². The molecule has 0 unspecified atom stereocenters. The highest BCUT2D eigenvalue weighted by atomic mass is 19.1. The molecule has 0 aliphatic carbocycles. The first-order valence-electron chi connectivity index (χ1n) is 9.04. The topological polar surface area (TPSA) is 99.6 Å². The second-order valence-corrected chi connectivity index (χ2v) is 6.75. The lowest BCUT2D eigenvalue weighted by molar-refractivity contribution is -0.384. The number of H-pyrrole nitrogens is 1. The lowest BCUT2D eigenvalue weighted by Gasteiger charge is -2.34. The molecule has 0 atom stereocenters. The molecule has 2 heterocycles. The fourth-order valence-electron chi connectivity index (χ4n) is 3.49. The molecule has 3 aromatic rings. The molecule has 2 aromatic carbocycles. The molecular weight excluding hydrogens is 379 g/mol. The van der Waals surface area contributed by atoms with Crippen LogP contribution >= 0.6 is 0 Å². The van der Waals surface area contributed by atoms with E-state index >= 15 is 0 Å². The van der Waals surface area contributed by atoms with Gasteiger partial charge in [0.1, 0.15) is 5.82 Å². The third-order valence-electron chi connectivity index (χ3n) is 5.06. The molecule has 1 aliphatic heterocycles. The number of aromatic nitrogens is 1. The minimum absolute atomic E-state index is 0.0104. The highest BCUT2D eigenvalue weighted by molar-refractivity contribution is 6.07. The van der Waals surface area contributed by atoms with Crippen molar-refractivity contribution < 1.29 is 18.9 Å². The molecule has 9 heteroatoms. The summed E-state index contributed by atoms with van der Waals surface area (Å²) in [7, 11) is 0. The molecule has 0 spiro atoms. The number of piperazine rings is 1. The average molecular weight is 396 g/mol. The van der Waals surface area contributed by atoms with Gasteiger partial charge in [0.25, 0.3) is 17.5 Å². The van der Waals surface area contributed by atoms with Crippen molar-refractivity contribution in [2.24, 2.45) is 0 Å². The highest BCUT2D eigenvalue weighted by Crippen LogP contribution is 2.25. The molecule has 29 heavy (non-hydrogen) atoms. The lowest BCUT2D eigenvalue weighted by atomic mass is 10.1. The van der Waals surface area contributed by atoms with E-state index in [1.54, 1.807) is 17.0 Å². The van der Waals surface area contributed by atoms with Crippen molar-refractivity contribution in [1.29, 1.82) is 0 Å². The molecule has 8 nitrogen and oxygen atoms in total. The van der Waals surface area contributed by atoms with Gasteiger partial charge in [-0.25, -0.2) is 4.39 Å². The summed E-state index contributed by atoms with van der Waals surface area (Å²) < 4.78 is 13.9. The first-order valence-corrected chi connectivity index (χ1v) is 9.04. The molecule has 4 rings (SSSR count). The van der Waals surface area contributed by atoms with Gasteiger partial charge in [-0.3, -0.25) is 19.7 Å². The van der Waals surface area contributed by atoms with Crippen molar-refractivity contribution in [1.82, 2.24) is 14.8 Å². The van der Waals surface area contributed by atoms with Crippen LogP contribution in [-0.2, 0) is 0 Å². The van der Waals surface area contributed by atoms with E-state index in [2.05, 4.69) is 4.98 Å². The second kappa shape index (κ2) is 7.34. The molecule has 0 radical (unpaired) electrons. The number of hydrogen-bond donors (Lipinski definition) is 1. The van der Waals surface area contributed by atoms with Gasteiger partial charge >= 0.3 is 0 Å². The van der Waals surface area contributed by atoms with E-state index in [1.807, 2.05) is 0 Å². The Morgan fingerprint density at radius 2 is 1.59 bits per heavy atom. The van der Waals surface area contributed by atoms with Gasteiger partial charge < -0.3 is 14.8 Å². The van der Waals surface area contributed by atoms with Crippen molar-refractivity contribution >= 4 is 28.4 Å². The first kappa shape index (κ1) is 18.6. The maximum Gasteiger partial charge on any atom is 0.270 e. The normalized spacial score (nSPS) is 14.2. The number of aromatic amines is 1. The summed E-state index contributed by atoms with van der Waals surface area (Å²) in [6.45, 7) is 1.14. The van der Waals surface area contributed by atoms with Crippen LogP contribution in [0.5, 0.6) is 0 Å². The van der Waals surface area contributed by atoms with Crippen molar-refractivity contribution in [3.63, 3.8) is 0 Å². The van der Waals surface area contributed by atoms with Gasteiger partial charge in [0, 0.05) is 55.4 Å². The maximum absolute atomic E-state index is 13.9. The summed E-state index contributed by atoms with van der Waals surface area (Å²) >= 11 is 0. The number of non-ortho nitro benzene ring substituents is 1. The number of nitro benzene ring substituents is 1. The number of nitrogens with one attached hydrogen (secondary N) is 1. The summed E-state index contributed by atoms with van der Waals surface area (Å²) in [6, 6.07) is 10.1. The van der Waals surface area contributed by atoms with Crippen molar-refractivity contribution in [3.8, 4) is 0 Å². The molecule has 1 N–H and O–H groups in total. The number of nitrogens with zero attached hydrogens (tertiary/aromatic N) is 3. The Morgan fingerprint density at radius 3 is 2.21 bits per heavy atom. The number of carbonyl (C=O) groups excluding carboxylic acids is 2. The molecule has 1 aliphatic rings. The number of halogens is 1. The fourth-order valence-corrected chi connectivity index (χ4v) is 3.49. The van der Waals surface area contributed by atoms with Gasteiger partial charge in [0.15, 0.2) is 0 Å². The van der Waals surface area contributed by atoms with Gasteiger partial charge in [-0.1, -0.05) is 12.1 Å². The first-order chi connectivity index (χ1) is 14.0. The summed E-state index contributed by atoms with van der Waals surface area (Å²) in [5.41, 5.74) is 0.896. The van der Waals surface area contributed by atoms with Crippen LogP contribution in [0.3, 0.4) is 0 Å². The van der Waals surface area contributed by atoms with E-state index < -0.39 is 16.6 Å². The standard InChI is InChI=1S/C20H17FN4O4/c21-17-4-2-1-3-14(17)19(26)23-7-9-24(10-8-23)20(27)16-12-22-18-6-5-13(25(28)29)11-15(16)18/h1-6,11-12,22H,7-10H2. The summed E-state index contributed by atoms with van der Waals surface area (Å²) in [4.78, 5) is 42.0. The van der Waals surface area contributed by atoms with Crippen LogP contribution in [0.4, 0.5) is 10.1 Å². The molecule has 148 valence electrons. The van der Waals surface area contributed by atoms with Crippen LogP contribution in [-0.4, -0.2) is 57.7 Å². The molecular formula is C20H17FN4O4. The highest BCUT2D eigenvalue weighted by Gasteiger charge is 2.28. The predicted molar refractivity (Wildman–Crippen MR) is 103 cm³/mol. The smallest absolute Gasteiger partial charge is 0.270 e. The number of hydrogen-bond acceptors (Lipinski definition) is 4. The predicted octanol–water partition coefficient (Wildman–Crippen LogP) is 2.81. The third-order valence-corrected chi connectivity index (χ3v) is 5.06. The van der Waals surface area contributed by atoms with Gasteiger partial charge in [0.05, 0.1) is 16.1 Å². The molecule has 0 saturated carbocycles. The van der Waals surface area contributed by atoms with Crippen LogP contribution in [0, 0.1) is 15.9 Å². The largest absolute Gasteiger partial charge is 0.360 e. The van der Waals surface area contributed by atoms with Gasteiger partial charge in [-0.2, -0.15) is 0 Å². The lowest BCUT2D eigenvalue weighted by Crippen LogP contribution is -2.50. The zero-order chi connectivity index (χ0) is 20.5. The minimum atomic E-state index is -0.573. The minimum Gasteiger partial charge on any atom is -0.360 e. The van der Waals surface area contributed by atoms with Crippen LogP contribution in [0.15, 0.2) is 48.7 Å². The third kappa shape index (κ3) is 3.42. The SMILES string of the molecule is O=C(c1ccccc1F)N1CCN(C(=O)c2c[nH]c3ccc([N+](=O)[O-])cc23)CC1. The van der Waals surface area contributed by atoms with E-state index in [-0.39, 0.29) is 30.2 Å². The Morgan fingerprint density at radius 1 is 0.966 bits per heavy atom. The second-order valence-electron chi connectivity index (χ2n) is 6.75. The van der Waals surface area contributed by atoms with Crippen LogP contribution in [0.2, 0.25) is 0 Å². The van der Waals surface area contributed by atoms with Gasteiger partial charge in [-0.15, -0.1) is 0 Å². The Hall–Kier alpha value is -3.75. The molecule has 0 bridgehead atoms. The summed E-state index contributed by atoms with van der Waals surface area (Å²) in [6.07, 6.45) is 1.54. The van der Waals surface area contributed by atoms with E-state index in [4.69, 9.17) is 0 Å².